The summed E-state index contributed by atoms with van der Waals surface area (Å²) in [5.74, 6) is 0.708. The Bertz CT molecular complexity index is 803. The number of benzene rings is 2. The van der Waals surface area contributed by atoms with Crippen molar-refractivity contribution in [1.82, 2.24) is 10.6 Å². The van der Waals surface area contributed by atoms with E-state index in [0.29, 0.717) is 37.8 Å². The van der Waals surface area contributed by atoms with Crippen molar-refractivity contribution in [1.29, 1.82) is 0 Å². The molecule has 5 nitrogen and oxygen atoms in total. The van der Waals surface area contributed by atoms with E-state index in [1.54, 1.807) is 13.1 Å². The summed E-state index contributed by atoms with van der Waals surface area (Å²) in [7, 11) is 1.66. The second-order valence-corrected chi connectivity index (χ2v) is 5.90. The number of ether oxygens (including phenoxy) is 2. The van der Waals surface area contributed by atoms with Gasteiger partial charge in [0.1, 0.15) is 17.4 Å². The molecule has 0 spiro atoms. The Kier molecular flexibility index (Phi) is 8.23. The van der Waals surface area contributed by atoms with Crippen LogP contribution in [-0.4, -0.2) is 26.3 Å². The highest BCUT2D eigenvalue weighted by Crippen LogP contribution is 2.29. The van der Waals surface area contributed by atoms with Crippen LogP contribution in [-0.2, 0) is 24.3 Å². The molecule has 1 heterocycles. The number of halogens is 3. The standard InChI is InChI=1S/C19H21F2N3O2.HI/c1-22-19(24-10-13-3-2-4-16(20)7-13)23-6-5-14-8-17(21)9-15-11-25-12-26-18(14)15;/h2-4,7-9H,5-6,10-12H2,1H3,(H2,22,23,24);1H. The highest BCUT2D eigenvalue weighted by atomic mass is 127. The minimum Gasteiger partial charge on any atom is -0.467 e. The molecule has 3 rings (SSSR count). The Labute approximate surface area is 174 Å². The van der Waals surface area contributed by atoms with Crippen LogP contribution in [0.3, 0.4) is 0 Å². The second-order valence-electron chi connectivity index (χ2n) is 5.90. The summed E-state index contributed by atoms with van der Waals surface area (Å²) in [5.41, 5.74) is 2.33. The smallest absolute Gasteiger partial charge is 0.191 e. The first-order valence-corrected chi connectivity index (χ1v) is 8.36. The maximum Gasteiger partial charge on any atom is 0.191 e. The number of hydrogen-bond donors (Lipinski definition) is 2. The van der Waals surface area contributed by atoms with Crippen molar-refractivity contribution >= 4 is 29.9 Å². The van der Waals surface area contributed by atoms with Gasteiger partial charge in [-0.2, -0.15) is 0 Å². The second kappa shape index (κ2) is 10.4. The molecule has 8 heteroatoms. The van der Waals surface area contributed by atoms with Crippen molar-refractivity contribution in [3.8, 4) is 5.75 Å². The Morgan fingerprint density at radius 2 is 2.00 bits per heavy atom. The Morgan fingerprint density at radius 3 is 2.78 bits per heavy atom. The van der Waals surface area contributed by atoms with E-state index < -0.39 is 0 Å². The van der Waals surface area contributed by atoms with Gasteiger partial charge in [-0.15, -0.1) is 24.0 Å². The molecule has 0 atom stereocenters. The van der Waals surface area contributed by atoms with Gasteiger partial charge in [-0.25, -0.2) is 8.78 Å². The van der Waals surface area contributed by atoms with E-state index in [1.165, 1.54) is 24.3 Å². The zero-order valence-corrected chi connectivity index (χ0v) is 17.3. The molecule has 0 radical (unpaired) electrons. The first kappa shape index (κ1) is 21.4. The third kappa shape index (κ3) is 6.03. The molecule has 0 aromatic heterocycles. The van der Waals surface area contributed by atoms with Crippen LogP contribution in [0.15, 0.2) is 41.4 Å². The van der Waals surface area contributed by atoms with Gasteiger partial charge in [0.15, 0.2) is 12.8 Å². The zero-order chi connectivity index (χ0) is 18.4. The molecule has 146 valence electrons. The van der Waals surface area contributed by atoms with Gasteiger partial charge in [0.05, 0.1) is 6.61 Å². The summed E-state index contributed by atoms with van der Waals surface area (Å²) < 4.78 is 37.7. The Hall–Kier alpha value is -1.94. The molecular formula is C19H22F2IN3O2. The number of nitrogens with one attached hydrogen (secondary N) is 2. The minimum absolute atomic E-state index is 0. The van der Waals surface area contributed by atoms with Crippen molar-refractivity contribution in [3.63, 3.8) is 0 Å². The fraction of sp³-hybridized carbons (Fsp3) is 0.316. The van der Waals surface area contributed by atoms with Gasteiger partial charge in [0.2, 0.25) is 0 Å². The van der Waals surface area contributed by atoms with E-state index >= 15 is 0 Å². The largest absolute Gasteiger partial charge is 0.467 e. The van der Waals surface area contributed by atoms with E-state index in [0.717, 1.165) is 16.7 Å². The van der Waals surface area contributed by atoms with Crippen LogP contribution in [0.1, 0.15) is 16.7 Å². The highest BCUT2D eigenvalue weighted by Gasteiger charge is 2.16. The molecule has 1 aliphatic heterocycles. The van der Waals surface area contributed by atoms with Gasteiger partial charge in [-0.05, 0) is 41.8 Å². The molecule has 2 N–H and O–H groups in total. The van der Waals surface area contributed by atoms with Crippen LogP contribution < -0.4 is 15.4 Å². The van der Waals surface area contributed by atoms with Gasteiger partial charge in [-0.1, -0.05) is 12.1 Å². The van der Waals surface area contributed by atoms with Crippen molar-refractivity contribution in [2.24, 2.45) is 4.99 Å². The third-order valence-corrected chi connectivity index (χ3v) is 4.01. The SMILES string of the molecule is CN=C(NCCc1cc(F)cc2c1OCOC2)NCc1cccc(F)c1.I. The van der Waals surface area contributed by atoms with Crippen molar-refractivity contribution in [2.75, 3.05) is 20.4 Å². The summed E-state index contributed by atoms with van der Waals surface area (Å²) in [6.45, 7) is 1.52. The number of hydrogen-bond acceptors (Lipinski definition) is 3. The van der Waals surface area contributed by atoms with E-state index in [9.17, 15) is 8.78 Å². The fourth-order valence-corrected chi connectivity index (χ4v) is 2.81. The summed E-state index contributed by atoms with van der Waals surface area (Å²) in [4.78, 5) is 4.14. The lowest BCUT2D eigenvalue weighted by Crippen LogP contribution is -2.38. The van der Waals surface area contributed by atoms with Crippen LogP contribution in [0.5, 0.6) is 5.75 Å². The molecule has 0 saturated carbocycles. The van der Waals surface area contributed by atoms with Crippen LogP contribution in [0.25, 0.3) is 0 Å². The predicted molar refractivity (Wildman–Crippen MR) is 110 cm³/mol. The van der Waals surface area contributed by atoms with Crippen molar-refractivity contribution < 1.29 is 18.3 Å². The fourth-order valence-electron chi connectivity index (χ4n) is 2.81. The number of aliphatic imine (C=N–C) groups is 1. The van der Waals surface area contributed by atoms with Gasteiger partial charge in [0.25, 0.3) is 0 Å². The molecule has 0 amide bonds. The maximum atomic E-state index is 13.7. The van der Waals surface area contributed by atoms with Gasteiger partial charge < -0.3 is 20.1 Å². The average Bonchev–Trinajstić information content (AvgIpc) is 2.64. The molecule has 27 heavy (non-hydrogen) atoms. The van der Waals surface area contributed by atoms with Gasteiger partial charge in [-0.3, -0.25) is 4.99 Å². The van der Waals surface area contributed by atoms with Crippen molar-refractivity contribution in [3.05, 3.63) is 64.7 Å². The number of guanidine groups is 1. The number of rotatable bonds is 5. The van der Waals surface area contributed by atoms with Crippen LogP contribution in [0.4, 0.5) is 8.78 Å². The highest BCUT2D eigenvalue weighted by molar-refractivity contribution is 14.0. The molecule has 2 aromatic carbocycles. The lowest BCUT2D eigenvalue weighted by molar-refractivity contribution is -0.0172. The zero-order valence-electron chi connectivity index (χ0n) is 14.9. The predicted octanol–water partition coefficient (Wildman–Crippen LogP) is 3.36. The monoisotopic (exact) mass is 489 g/mol. The molecular weight excluding hydrogens is 467 g/mol. The number of fused-ring (bicyclic) bond motifs is 1. The van der Waals surface area contributed by atoms with Gasteiger partial charge >= 0.3 is 0 Å². The summed E-state index contributed by atoms with van der Waals surface area (Å²) in [5, 5.41) is 6.28. The van der Waals surface area contributed by atoms with Gasteiger partial charge in [0, 0.05) is 25.7 Å². The van der Waals surface area contributed by atoms with Crippen molar-refractivity contribution in [2.45, 2.75) is 19.6 Å². The third-order valence-electron chi connectivity index (χ3n) is 4.01. The summed E-state index contributed by atoms with van der Waals surface area (Å²) >= 11 is 0. The molecule has 1 aliphatic rings. The van der Waals surface area contributed by atoms with Crippen LogP contribution >= 0.6 is 24.0 Å². The number of nitrogens with zero attached hydrogens (tertiary/aromatic N) is 1. The average molecular weight is 489 g/mol. The first-order valence-electron chi connectivity index (χ1n) is 8.36. The quantitative estimate of drug-likeness (QED) is 0.385. The Balaban J connectivity index is 0.00000261. The van der Waals surface area contributed by atoms with E-state index in [2.05, 4.69) is 15.6 Å². The molecule has 0 bridgehead atoms. The lowest BCUT2D eigenvalue weighted by Gasteiger charge is -2.21. The topological polar surface area (TPSA) is 54.9 Å². The molecule has 0 unspecified atom stereocenters. The molecule has 2 aromatic rings. The normalized spacial score (nSPS) is 13.2. The lowest BCUT2D eigenvalue weighted by atomic mass is 10.1. The molecule has 0 saturated heterocycles. The maximum absolute atomic E-state index is 13.7. The minimum atomic E-state index is -0.304. The summed E-state index contributed by atoms with van der Waals surface area (Å²) in [6.07, 6.45) is 0.570. The van der Waals surface area contributed by atoms with Crippen LogP contribution in [0.2, 0.25) is 0 Å². The van der Waals surface area contributed by atoms with Crippen LogP contribution in [0, 0.1) is 11.6 Å². The molecule has 0 fully saturated rings. The van der Waals surface area contributed by atoms with E-state index in [4.69, 9.17) is 9.47 Å². The molecule has 0 aliphatic carbocycles. The van der Waals surface area contributed by atoms with E-state index in [-0.39, 0.29) is 42.4 Å². The first-order chi connectivity index (χ1) is 12.7. The van der Waals surface area contributed by atoms with E-state index in [1.807, 2.05) is 6.07 Å². The summed E-state index contributed by atoms with van der Waals surface area (Å²) in [6, 6.07) is 9.29. The Morgan fingerprint density at radius 1 is 1.15 bits per heavy atom.